The van der Waals surface area contributed by atoms with Crippen LogP contribution in [0.4, 0.5) is 5.95 Å². The molecule has 0 amide bonds. The average Bonchev–Trinajstić information content (AvgIpc) is 3.13. The summed E-state index contributed by atoms with van der Waals surface area (Å²) >= 11 is 0. The summed E-state index contributed by atoms with van der Waals surface area (Å²) in [6, 6.07) is 0. The third-order valence-electron chi connectivity index (χ3n) is 5.34. The molecular weight excluding hydrogens is 415 g/mol. The van der Waals surface area contributed by atoms with Crippen molar-refractivity contribution >= 4 is 35.9 Å². The van der Waals surface area contributed by atoms with E-state index in [0.29, 0.717) is 5.41 Å². The first-order valence-corrected chi connectivity index (χ1v) is 8.60. The highest BCUT2D eigenvalue weighted by Crippen LogP contribution is 2.36. The van der Waals surface area contributed by atoms with Gasteiger partial charge in [-0.25, -0.2) is 4.98 Å². The molecule has 1 aromatic heterocycles. The normalized spacial score (nSPS) is 16.9. The summed E-state index contributed by atoms with van der Waals surface area (Å²) in [5, 5.41) is 3.50. The van der Waals surface area contributed by atoms with E-state index in [1.165, 1.54) is 19.3 Å². The van der Waals surface area contributed by atoms with Crippen LogP contribution in [0.5, 0.6) is 0 Å². The molecule has 7 heteroatoms. The maximum absolute atomic E-state index is 4.48. The first-order valence-electron chi connectivity index (χ1n) is 8.60. The predicted octanol–water partition coefficient (Wildman–Crippen LogP) is 2.69. The number of hydrogen-bond acceptors (Lipinski definition) is 3. The number of halogens is 1. The molecule has 138 valence electrons. The van der Waals surface area contributed by atoms with Crippen molar-refractivity contribution < 1.29 is 0 Å². The van der Waals surface area contributed by atoms with Crippen LogP contribution < -0.4 is 10.2 Å². The molecule has 0 atom stereocenters. The second kappa shape index (κ2) is 8.92. The van der Waals surface area contributed by atoms with Gasteiger partial charge in [0.2, 0.25) is 5.95 Å². The summed E-state index contributed by atoms with van der Waals surface area (Å²) in [6.07, 6.45) is 5.68. The van der Waals surface area contributed by atoms with Gasteiger partial charge in [-0.2, -0.15) is 0 Å². The topological polar surface area (TPSA) is 48.7 Å². The molecule has 1 fully saturated rings. The molecule has 1 saturated heterocycles. The number of aromatic nitrogens is 2. The fourth-order valence-corrected chi connectivity index (χ4v) is 3.46. The molecule has 0 unspecified atom stereocenters. The van der Waals surface area contributed by atoms with Gasteiger partial charge in [0.15, 0.2) is 5.96 Å². The third-order valence-corrected chi connectivity index (χ3v) is 5.34. The number of hydrogen-bond donors (Lipinski definition) is 1. The van der Waals surface area contributed by atoms with Crippen LogP contribution >= 0.6 is 24.0 Å². The largest absolute Gasteiger partial charge is 0.351 e. The van der Waals surface area contributed by atoms with Crippen molar-refractivity contribution in [1.29, 1.82) is 0 Å². The van der Waals surface area contributed by atoms with Gasteiger partial charge in [-0.3, -0.25) is 4.99 Å². The zero-order chi connectivity index (χ0) is 17.0. The minimum absolute atomic E-state index is 0. The molecule has 1 aliphatic rings. The van der Waals surface area contributed by atoms with Gasteiger partial charge in [0.1, 0.15) is 0 Å². The second-order valence-electron chi connectivity index (χ2n) is 6.78. The SMILES string of the molecule is CCC1(CC)CCN(C(=NC)NCc2cnc(N(C)C)n2C)C1.I. The summed E-state index contributed by atoms with van der Waals surface area (Å²) in [5.74, 6) is 1.97. The monoisotopic (exact) mass is 448 g/mol. The number of likely N-dealkylation sites (tertiary alicyclic amines) is 1. The number of aliphatic imine (C=N–C) groups is 1. The molecular formula is C17H33IN6. The minimum atomic E-state index is 0. The van der Waals surface area contributed by atoms with Crippen LogP contribution in [0.1, 0.15) is 38.8 Å². The van der Waals surface area contributed by atoms with Gasteiger partial charge in [0.25, 0.3) is 0 Å². The van der Waals surface area contributed by atoms with Gasteiger partial charge in [0, 0.05) is 41.3 Å². The van der Waals surface area contributed by atoms with Gasteiger partial charge in [0.05, 0.1) is 18.4 Å². The van der Waals surface area contributed by atoms with Crippen molar-refractivity contribution in [2.75, 3.05) is 39.1 Å². The number of nitrogens with one attached hydrogen (secondary N) is 1. The lowest BCUT2D eigenvalue weighted by Crippen LogP contribution is -2.41. The predicted molar refractivity (Wildman–Crippen MR) is 112 cm³/mol. The molecule has 0 spiro atoms. The molecule has 1 aromatic rings. The molecule has 0 saturated carbocycles. The number of anilines is 1. The van der Waals surface area contributed by atoms with E-state index in [2.05, 4.69) is 45.7 Å². The molecule has 2 rings (SSSR count). The summed E-state index contributed by atoms with van der Waals surface area (Å²) in [6.45, 7) is 7.55. The lowest BCUT2D eigenvalue weighted by Gasteiger charge is -2.28. The Bertz CT molecular complexity index is 547. The molecule has 1 aliphatic heterocycles. The molecule has 0 aromatic carbocycles. The summed E-state index contributed by atoms with van der Waals surface area (Å²) < 4.78 is 2.12. The van der Waals surface area contributed by atoms with Crippen LogP contribution in [0.25, 0.3) is 0 Å². The van der Waals surface area contributed by atoms with Crippen molar-refractivity contribution in [1.82, 2.24) is 19.8 Å². The molecule has 0 bridgehead atoms. The zero-order valence-corrected chi connectivity index (χ0v) is 18.3. The number of nitrogens with zero attached hydrogens (tertiary/aromatic N) is 5. The van der Waals surface area contributed by atoms with Crippen molar-refractivity contribution in [3.05, 3.63) is 11.9 Å². The highest BCUT2D eigenvalue weighted by Gasteiger charge is 2.36. The van der Waals surface area contributed by atoms with Crippen LogP contribution in [0.3, 0.4) is 0 Å². The minimum Gasteiger partial charge on any atom is -0.351 e. The van der Waals surface area contributed by atoms with Crippen LogP contribution in [-0.4, -0.2) is 54.6 Å². The van der Waals surface area contributed by atoms with Gasteiger partial charge in [-0.1, -0.05) is 13.8 Å². The van der Waals surface area contributed by atoms with Crippen molar-refractivity contribution in [3.8, 4) is 0 Å². The smallest absolute Gasteiger partial charge is 0.204 e. The Hall–Kier alpha value is -0.990. The van der Waals surface area contributed by atoms with E-state index in [4.69, 9.17) is 0 Å². The molecule has 6 nitrogen and oxygen atoms in total. The van der Waals surface area contributed by atoms with Gasteiger partial charge < -0.3 is 19.7 Å². The van der Waals surface area contributed by atoms with Crippen LogP contribution in [0.15, 0.2) is 11.2 Å². The Kier molecular flexibility index (Phi) is 7.82. The summed E-state index contributed by atoms with van der Waals surface area (Å²) in [7, 11) is 7.95. The highest BCUT2D eigenvalue weighted by molar-refractivity contribution is 14.0. The van der Waals surface area contributed by atoms with Crippen LogP contribution in [-0.2, 0) is 13.6 Å². The Morgan fingerprint density at radius 1 is 1.38 bits per heavy atom. The average molecular weight is 448 g/mol. The molecule has 0 radical (unpaired) electrons. The van der Waals surface area contributed by atoms with Gasteiger partial charge in [-0.15, -0.1) is 24.0 Å². The van der Waals surface area contributed by atoms with Gasteiger partial charge in [-0.05, 0) is 24.7 Å². The van der Waals surface area contributed by atoms with Crippen molar-refractivity contribution in [3.63, 3.8) is 0 Å². The fraction of sp³-hybridized carbons (Fsp3) is 0.765. The number of guanidine groups is 1. The Morgan fingerprint density at radius 3 is 2.50 bits per heavy atom. The third kappa shape index (κ3) is 4.34. The van der Waals surface area contributed by atoms with E-state index in [-0.39, 0.29) is 24.0 Å². The Labute approximate surface area is 163 Å². The molecule has 1 N–H and O–H groups in total. The van der Waals surface area contributed by atoms with E-state index in [1.54, 1.807) is 0 Å². The standard InChI is InChI=1S/C17H32N6.HI/c1-7-17(8-2)9-10-23(13-17)15(18-3)19-11-14-12-20-16(21(4)5)22(14)6;/h12H,7-11,13H2,1-6H3,(H,18,19);1H. The maximum Gasteiger partial charge on any atom is 0.204 e. The highest BCUT2D eigenvalue weighted by atomic mass is 127. The number of rotatable bonds is 5. The molecule has 0 aliphatic carbocycles. The first kappa shape index (κ1) is 21.1. The summed E-state index contributed by atoms with van der Waals surface area (Å²) in [4.78, 5) is 13.4. The second-order valence-corrected chi connectivity index (χ2v) is 6.78. The van der Waals surface area contributed by atoms with Crippen LogP contribution in [0.2, 0.25) is 0 Å². The van der Waals surface area contributed by atoms with E-state index in [1.807, 2.05) is 32.2 Å². The van der Waals surface area contributed by atoms with E-state index in [9.17, 15) is 0 Å². The van der Waals surface area contributed by atoms with E-state index >= 15 is 0 Å². The van der Waals surface area contributed by atoms with Crippen molar-refractivity contribution in [2.45, 2.75) is 39.7 Å². The molecule has 2 heterocycles. The number of imidazole rings is 1. The summed E-state index contributed by atoms with van der Waals surface area (Å²) in [5.41, 5.74) is 1.62. The van der Waals surface area contributed by atoms with E-state index < -0.39 is 0 Å². The fourth-order valence-electron chi connectivity index (χ4n) is 3.46. The lowest BCUT2D eigenvalue weighted by molar-refractivity contribution is 0.276. The lowest BCUT2D eigenvalue weighted by atomic mass is 9.82. The van der Waals surface area contributed by atoms with Gasteiger partial charge >= 0.3 is 0 Å². The first-order chi connectivity index (χ1) is 11.0. The Balaban J connectivity index is 0.00000288. The Morgan fingerprint density at radius 2 is 2.04 bits per heavy atom. The molecule has 24 heavy (non-hydrogen) atoms. The van der Waals surface area contributed by atoms with Crippen molar-refractivity contribution in [2.24, 2.45) is 17.5 Å². The zero-order valence-electron chi connectivity index (χ0n) is 16.0. The quantitative estimate of drug-likeness (QED) is 0.428. The van der Waals surface area contributed by atoms with Crippen LogP contribution in [0, 0.1) is 5.41 Å². The van der Waals surface area contributed by atoms with E-state index in [0.717, 1.165) is 37.2 Å². The maximum atomic E-state index is 4.48.